The highest BCUT2D eigenvalue weighted by atomic mass is 19.1. The Hall–Kier alpha value is -2.91. The van der Waals surface area contributed by atoms with E-state index in [0.29, 0.717) is 51.1 Å². The third-order valence-corrected chi connectivity index (χ3v) is 6.00. The molecule has 0 spiro atoms. The van der Waals surface area contributed by atoms with Crippen LogP contribution in [0.3, 0.4) is 0 Å². The Kier molecular flexibility index (Phi) is 8.10. The molecule has 4 amide bonds. The molecule has 0 bridgehead atoms. The van der Waals surface area contributed by atoms with Gasteiger partial charge < -0.3 is 25.6 Å². The minimum Gasteiger partial charge on any atom is -0.449 e. The van der Waals surface area contributed by atoms with Crippen LogP contribution in [0, 0.1) is 23.5 Å². The van der Waals surface area contributed by atoms with Crippen LogP contribution in [0.4, 0.5) is 24.1 Å². The van der Waals surface area contributed by atoms with E-state index in [0.717, 1.165) is 25.3 Å². The maximum atomic E-state index is 14.3. The molecule has 0 aromatic heterocycles. The fourth-order valence-corrected chi connectivity index (χ4v) is 3.89. The lowest BCUT2D eigenvalue weighted by Gasteiger charge is -2.38. The van der Waals surface area contributed by atoms with E-state index < -0.39 is 29.1 Å². The summed E-state index contributed by atoms with van der Waals surface area (Å²) in [7, 11) is 0. The van der Waals surface area contributed by atoms with Gasteiger partial charge in [-0.05, 0) is 37.2 Å². The van der Waals surface area contributed by atoms with Gasteiger partial charge in [-0.3, -0.25) is 4.79 Å². The van der Waals surface area contributed by atoms with Gasteiger partial charge in [0, 0.05) is 31.7 Å². The average Bonchev–Trinajstić information content (AvgIpc) is 3.58. The highest BCUT2D eigenvalue weighted by molar-refractivity contribution is 5.96. The number of amides is 4. The van der Waals surface area contributed by atoms with Crippen LogP contribution in [0.5, 0.6) is 0 Å². The topological polar surface area (TPSA) is 105 Å². The molecule has 1 aromatic rings. The molecular formula is C23H32F2N4O4. The molecule has 3 rings (SSSR count). The van der Waals surface area contributed by atoms with E-state index in [9.17, 15) is 23.2 Å². The first-order valence-electron chi connectivity index (χ1n) is 11.4. The first-order chi connectivity index (χ1) is 15.7. The van der Waals surface area contributed by atoms with Crippen molar-refractivity contribution in [3.05, 3.63) is 29.3 Å². The summed E-state index contributed by atoms with van der Waals surface area (Å²) >= 11 is 0. The van der Waals surface area contributed by atoms with Gasteiger partial charge in [-0.25, -0.2) is 18.4 Å². The van der Waals surface area contributed by atoms with Crippen LogP contribution in [0.2, 0.25) is 0 Å². The van der Waals surface area contributed by atoms with Crippen molar-refractivity contribution in [2.24, 2.45) is 17.6 Å². The lowest BCUT2D eigenvalue weighted by Crippen LogP contribution is -2.50. The molecule has 1 saturated carbocycles. The number of urea groups is 1. The van der Waals surface area contributed by atoms with E-state index in [1.807, 2.05) is 13.8 Å². The van der Waals surface area contributed by atoms with Crippen LogP contribution < -0.4 is 11.1 Å². The maximum Gasteiger partial charge on any atom is 0.409 e. The zero-order valence-corrected chi connectivity index (χ0v) is 19.1. The number of halogens is 2. The molecule has 182 valence electrons. The molecule has 0 unspecified atom stereocenters. The van der Waals surface area contributed by atoms with Crippen LogP contribution >= 0.6 is 0 Å². The lowest BCUT2D eigenvalue weighted by molar-refractivity contribution is 0.0720. The van der Waals surface area contributed by atoms with Crippen molar-refractivity contribution in [1.29, 1.82) is 0 Å². The molecule has 0 atom stereocenters. The van der Waals surface area contributed by atoms with Crippen LogP contribution in [0.1, 0.15) is 56.3 Å². The molecule has 1 aliphatic heterocycles. The van der Waals surface area contributed by atoms with Crippen molar-refractivity contribution in [2.75, 3.05) is 31.6 Å². The summed E-state index contributed by atoms with van der Waals surface area (Å²) in [6.07, 6.45) is 3.86. The Labute approximate surface area is 192 Å². The predicted octanol–water partition coefficient (Wildman–Crippen LogP) is 3.95. The van der Waals surface area contributed by atoms with E-state index in [1.54, 1.807) is 9.80 Å². The monoisotopic (exact) mass is 466 g/mol. The predicted molar refractivity (Wildman–Crippen MR) is 119 cm³/mol. The Morgan fingerprint density at radius 2 is 1.82 bits per heavy atom. The van der Waals surface area contributed by atoms with E-state index in [2.05, 4.69) is 5.32 Å². The van der Waals surface area contributed by atoms with Gasteiger partial charge in [0.1, 0.15) is 11.6 Å². The summed E-state index contributed by atoms with van der Waals surface area (Å²) in [4.78, 5) is 40.0. The van der Waals surface area contributed by atoms with Crippen LogP contribution in [-0.4, -0.2) is 60.1 Å². The number of nitrogens with two attached hydrogens (primary N) is 1. The van der Waals surface area contributed by atoms with Gasteiger partial charge in [0.15, 0.2) is 0 Å². The van der Waals surface area contributed by atoms with Crippen molar-refractivity contribution < 1.29 is 27.9 Å². The number of carbonyl (C=O) groups is 3. The fourth-order valence-electron chi connectivity index (χ4n) is 3.89. The molecule has 33 heavy (non-hydrogen) atoms. The van der Waals surface area contributed by atoms with E-state index in [-0.39, 0.29) is 23.7 Å². The van der Waals surface area contributed by atoms with Crippen LogP contribution in [0.15, 0.2) is 12.1 Å². The van der Waals surface area contributed by atoms with Crippen molar-refractivity contribution in [3.8, 4) is 0 Å². The van der Waals surface area contributed by atoms with Crippen molar-refractivity contribution in [2.45, 2.75) is 52.0 Å². The second-order valence-electron chi connectivity index (χ2n) is 9.22. The molecule has 2 fully saturated rings. The molecule has 1 aromatic carbocycles. The molecule has 8 nitrogen and oxygen atoms in total. The lowest BCUT2D eigenvalue weighted by atomic mass is 10.0. The van der Waals surface area contributed by atoms with Gasteiger partial charge in [-0.2, -0.15) is 0 Å². The number of rotatable bonds is 8. The average molecular weight is 467 g/mol. The number of likely N-dealkylation sites (tertiary alicyclic amines) is 1. The van der Waals surface area contributed by atoms with E-state index in [1.165, 1.54) is 0 Å². The van der Waals surface area contributed by atoms with E-state index >= 15 is 0 Å². The quantitative estimate of drug-likeness (QED) is 0.605. The zero-order chi connectivity index (χ0) is 24.1. The molecule has 1 aliphatic carbocycles. The summed E-state index contributed by atoms with van der Waals surface area (Å²) in [6.45, 7) is 5.67. The molecule has 2 aliphatic rings. The fraction of sp³-hybridized carbons (Fsp3) is 0.609. The normalized spacial score (nSPS) is 16.6. The zero-order valence-electron chi connectivity index (χ0n) is 19.1. The summed E-state index contributed by atoms with van der Waals surface area (Å²) in [6, 6.07) is 0.775. The van der Waals surface area contributed by atoms with Gasteiger partial charge in [0.25, 0.3) is 5.91 Å². The summed E-state index contributed by atoms with van der Waals surface area (Å²) in [5.74, 6) is -2.30. The maximum absolute atomic E-state index is 14.3. The number of ether oxygens (including phenoxy) is 1. The second-order valence-corrected chi connectivity index (χ2v) is 9.22. The van der Waals surface area contributed by atoms with Crippen LogP contribution in [-0.2, 0) is 4.74 Å². The first kappa shape index (κ1) is 24.7. The minimum atomic E-state index is -1.08. The van der Waals surface area contributed by atoms with Crippen molar-refractivity contribution in [1.82, 2.24) is 9.80 Å². The van der Waals surface area contributed by atoms with Crippen LogP contribution in [0.25, 0.3) is 0 Å². The van der Waals surface area contributed by atoms with Crippen molar-refractivity contribution in [3.63, 3.8) is 0 Å². The third-order valence-electron chi connectivity index (χ3n) is 6.00. The highest BCUT2D eigenvalue weighted by Gasteiger charge is 2.32. The van der Waals surface area contributed by atoms with Gasteiger partial charge in [0.05, 0.1) is 17.9 Å². The molecular weight excluding hydrogens is 434 g/mol. The number of nitrogens with one attached hydrogen (secondary N) is 1. The Morgan fingerprint density at radius 3 is 2.39 bits per heavy atom. The molecule has 1 saturated heterocycles. The molecule has 10 heteroatoms. The Morgan fingerprint density at radius 1 is 1.15 bits per heavy atom. The smallest absolute Gasteiger partial charge is 0.409 e. The summed E-state index contributed by atoms with van der Waals surface area (Å²) in [5, 5.41) is 2.47. The Balaban J connectivity index is 1.66. The number of nitrogens with zero attached hydrogens (tertiary/aromatic N) is 2. The summed E-state index contributed by atoms with van der Waals surface area (Å²) in [5.41, 5.74) is 4.34. The van der Waals surface area contributed by atoms with Crippen molar-refractivity contribution >= 4 is 23.7 Å². The van der Waals surface area contributed by atoms with Gasteiger partial charge >= 0.3 is 12.1 Å². The SMILES string of the molecule is CC(C)COC(=O)N1CCC(N(CCC2CC2)C(=O)Nc2cc(C(N)=O)c(F)cc2F)CC1. The number of hydrogen-bond acceptors (Lipinski definition) is 4. The van der Waals surface area contributed by atoms with Gasteiger partial charge in [0.2, 0.25) is 0 Å². The minimum absolute atomic E-state index is 0.142. The number of anilines is 1. The molecule has 1 heterocycles. The van der Waals surface area contributed by atoms with Gasteiger partial charge in [-0.1, -0.05) is 26.7 Å². The number of piperidine rings is 1. The standard InChI is InChI=1S/C23H32F2N4O4/c1-14(2)13-33-23(32)28-8-6-16(7-9-28)29(10-5-15-3-4-15)22(31)27-20-11-17(21(26)30)18(24)12-19(20)25/h11-12,14-16H,3-10,13H2,1-2H3,(H2,26,30)(H,27,31). The van der Waals surface area contributed by atoms with Gasteiger partial charge in [-0.15, -0.1) is 0 Å². The molecule has 3 N–H and O–H groups in total. The third kappa shape index (κ3) is 6.79. The van der Waals surface area contributed by atoms with E-state index in [4.69, 9.17) is 10.5 Å². The first-order valence-corrected chi connectivity index (χ1v) is 11.4. The summed E-state index contributed by atoms with van der Waals surface area (Å²) < 4.78 is 33.3. The molecule has 0 radical (unpaired) electrons. The number of hydrogen-bond donors (Lipinski definition) is 2. The Bertz CT molecular complexity index is 883. The number of carbonyl (C=O) groups excluding carboxylic acids is 3. The highest BCUT2D eigenvalue weighted by Crippen LogP contribution is 2.33. The number of benzene rings is 1. The second kappa shape index (κ2) is 10.8. The largest absolute Gasteiger partial charge is 0.449 e. The number of primary amides is 1.